The molecule has 4 aromatic rings. The van der Waals surface area contributed by atoms with Crippen LogP contribution >= 0.6 is 11.3 Å². The van der Waals surface area contributed by atoms with Crippen LogP contribution in [0.4, 0.5) is 0 Å². The highest BCUT2D eigenvalue weighted by Gasteiger charge is 2.38. The summed E-state index contributed by atoms with van der Waals surface area (Å²) in [5.41, 5.74) is 6.15. The van der Waals surface area contributed by atoms with Gasteiger partial charge in [-0.25, -0.2) is 9.78 Å². The fraction of sp³-hybridized carbons (Fsp3) is 0.448. The highest BCUT2D eigenvalue weighted by atomic mass is 32.1. The van der Waals surface area contributed by atoms with Crippen LogP contribution in [0.2, 0.25) is 0 Å². The first-order chi connectivity index (χ1) is 19.9. The van der Waals surface area contributed by atoms with Gasteiger partial charge in [-0.05, 0) is 44.2 Å². The molecule has 216 valence electrons. The normalized spacial score (nSPS) is 20.1. The van der Waals surface area contributed by atoms with Crippen LogP contribution < -0.4 is 21.7 Å². The van der Waals surface area contributed by atoms with Gasteiger partial charge in [-0.3, -0.25) is 18.7 Å². The Morgan fingerprint density at radius 3 is 2.66 bits per heavy atom. The van der Waals surface area contributed by atoms with Gasteiger partial charge in [0, 0.05) is 30.7 Å². The fourth-order valence-electron chi connectivity index (χ4n) is 5.78. The second kappa shape index (κ2) is 11.3. The Labute approximate surface area is 239 Å². The van der Waals surface area contributed by atoms with Gasteiger partial charge in [0.2, 0.25) is 11.8 Å². The first-order valence-electron chi connectivity index (χ1n) is 13.7. The lowest BCUT2D eigenvalue weighted by molar-refractivity contribution is -0.125. The molecule has 41 heavy (non-hydrogen) atoms. The van der Waals surface area contributed by atoms with Gasteiger partial charge in [0.25, 0.3) is 5.56 Å². The zero-order valence-corrected chi connectivity index (χ0v) is 23.7. The number of aryl methyl sites for hydroxylation is 1. The molecule has 2 N–H and O–H groups in total. The van der Waals surface area contributed by atoms with E-state index in [0.29, 0.717) is 58.4 Å². The zero-order chi connectivity index (χ0) is 28.7. The van der Waals surface area contributed by atoms with Gasteiger partial charge < -0.3 is 24.4 Å². The molecular weight excluding hydrogens is 548 g/mol. The fourth-order valence-corrected chi connectivity index (χ4v) is 7.02. The number of para-hydroxylation sites is 1. The lowest BCUT2D eigenvalue weighted by Gasteiger charge is -2.34. The summed E-state index contributed by atoms with van der Waals surface area (Å²) < 4.78 is 26.3. The Kier molecular flexibility index (Phi) is 7.54. The van der Waals surface area contributed by atoms with Crippen molar-refractivity contribution in [1.82, 2.24) is 14.1 Å². The minimum absolute atomic E-state index is 0.0633. The second-order valence-corrected chi connectivity index (χ2v) is 11.5. The van der Waals surface area contributed by atoms with Crippen molar-refractivity contribution in [2.75, 3.05) is 20.3 Å². The molecule has 0 unspecified atom stereocenters. The molecule has 12 heteroatoms. The lowest BCUT2D eigenvalue weighted by Crippen LogP contribution is -2.48. The molecule has 1 aromatic carbocycles. The standard InChI is InChI=1S/C29H32N4O7S/c1-16-23-27(35)33(18-13-17(14-18)25(30)34)29(36)32(28(23)41-24(16)26-31-9-12-39-26)15-22(40-19-7-10-38-11-8-19)20-5-3-4-6-21(20)37-2/h3-6,9,12,17-19,22H,7-8,10-11,13-15H2,1-2H3,(H2,30,34)/t17?,18?,22-/m0/s1. The first kappa shape index (κ1) is 27.4. The number of ether oxygens (including phenoxy) is 3. The van der Waals surface area contributed by atoms with Crippen molar-refractivity contribution in [3.63, 3.8) is 0 Å². The molecule has 0 spiro atoms. The third-order valence-electron chi connectivity index (χ3n) is 8.11. The number of oxazole rings is 1. The molecule has 6 rings (SSSR count). The Balaban J connectivity index is 1.52. The highest BCUT2D eigenvalue weighted by Crippen LogP contribution is 2.40. The predicted molar refractivity (Wildman–Crippen MR) is 152 cm³/mol. The van der Waals surface area contributed by atoms with Gasteiger partial charge in [0.1, 0.15) is 22.9 Å². The van der Waals surface area contributed by atoms with E-state index in [1.165, 1.54) is 22.2 Å². The van der Waals surface area contributed by atoms with E-state index in [1.54, 1.807) is 17.9 Å². The molecule has 1 atom stereocenters. The molecule has 1 saturated heterocycles. The largest absolute Gasteiger partial charge is 0.496 e. The monoisotopic (exact) mass is 580 g/mol. The summed E-state index contributed by atoms with van der Waals surface area (Å²) in [5, 5.41) is 0.426. The van der Waals surface area contributed by atoms with E-state index in [4.69, 9.17) is 24.4 Å². The Morgan fingerprint density at radius 2 is 1.98 bits per heavy atom. The number of methoxy groups -OCH3 is 1. The first-order valence-corrected chi connectivity index (χ1v) is 14.5. The number of hydrogen-bond acceptors (Lipinski definition) is 9. The topological polar surface area (TPSA) is 141 Å². The van der Waals surface area contributed by atoms with Crippen LogP contribution in [0, 0.1) is 12.8 Å². The number of aromatic nitrogens is 3. The van der Waals surface area contributed by atoms with Crippen molar-refractivity contribution in [3.8, 4) is 16.5 Å². The van der Waals surface area contributed by atoms with Crippen molar-refractivity contribution in [2.24, 2.45) is 11.7 Å². The van der Waals surface area contributed by atoms with Gasteiger partial charge in [-0.2, -0.15) is 0 Å². The van der Waals surface area contributed by atoms with E-state index in [-0.39, 0.29) is 24.1 Å². The molecule has 3 aromatic heterocycles. The Hall–Kier alpha value is -3.74. The number of benzene rings is 1. The van der Waals surface area contributed by atoms with Gasteiger partial charge >= 0.3 is 5.69 Å². The number of amides is 1. The number of nitrogens with two attached hydrogens (primary N) is 1. The van der Waals surface area contributed by atoms with Crippen molar-refractivity contribution in [2.45, 2.75) is 57.4 Å². The molecule has 1 saturated carbocycles. The average molecular weight is 581 g/mol. The average Bonchev–Trinajstić information content (AvgIpc) is 3.60. The van der Waals surface area contributed by atoms with Crippen molar-refractivity contribution >= 4 is 27.5 Å². The minimum Gasteiger partial charge on any atom is -0.496 e. The van der Waals surface area contributed by atoms with Crippen LogP contribution in [-0.4, -0.2) is 46.5 Å². The molecule has 11 nitrogen and oxygen atoms in total. The third kappa shape index (κ3) is 5.00. The van der Waals surface area contributed by atoms with Gasteiger partial charge in [0.05, 0.1) is 36.2 Å². The SMILES string of the molecule is COc1ccccc1[C@H](Cn1c(=O)n(C2CC(C(N)=O)C2)c(=O)c2c(C)c(-c3ncco3)sc21)OC1CCOCC1. The smallest absolute Gasteiger partial charge is 0.332 e. The summed E-state index contributed by atoms with van der Waals surface area (Å²) in [4.78, 5) is 45.3. The van der Waals surface area contributed by atoms with E-state index in [0.717, 1.165) is 18.4 Å². The third-order valence-corrected chi connectivity index (χ3v) is 9.41. The number of carbonyl (C=O) groups excluding carboxylic acids is 1. The number of fused-ring (bicyclic) bond motifs is 1. The molecule has 4 heterocycles. The van der Waals surface area contributed by atoms with Gasteiger partial charge in [-0.1, -0.05) is 18.2 Å². The van der Waals surface area contributed by atoms with Crippen LogP contribution in [-0.2, 0) is 20.8 Å². The summed E-state index contributed by atoms with van der Waals surface area (Å²) in [7, 11) is 1.60. The summed E-state index contributed by atoms with van der Waals surface area (Å²) in [6, 6.07) is 7.17. The molecule has 2 aliphatic rings. The van der Waals surface area contributed by atoms with Gasteiger partial charge in [-0.15, -0.1) is 11.3 Å². The van der Waals surface area contributed by atoms with Crippen molar-refractivity contribution in [1.29, 1.82) is 0 Å². The van der Waals surface area contributed by atoms with Crippen LogP contribution in [0.15, 0.2) is 50.7 Å². The number of carbonyl (C=O) groups is 1. The van der Waals surface area contributed by atoms with Crippen LogP contribution in [0.25, 0.3) is 21.0 Å². The van der Waals surface area contributed by atoms with Crippen molar-refractivity contribution < 1.29 is 23.4 Å². The summed E-state index contributed by atoms with van der Waals surface area (Å²) >= 11 is 1.29. The molecular formula is C29H32N4O7S. The maximum absolute atomic E-state index is 14.2. The maximum Gasteiger partial charge on any atom is 0.332 e. The zero-order valence-electron chi connectivity index (χ0n) is 22.9. The van der Waals surface area contributed by atoms with E-state index in [9.17, 15) is 14.4 Å². The van der Waals surface area contributed by atoms with E-state index in [1.807, 2.05) is 31.2 Å². The summed E-state index contributed by atoms with van der Waals surface area (Å²) in [6.45, 7) is 3.18. The number of primary amides is 1. The quantitative estimate of drug-likeness (QED) is 0.317. The highest BCUT2D eigenvalue weighted by molar-refractivity contribution is 7.22. The Morgan fingerprint density at radius 1 is 1.22 bits per heavy atom. The summed E-state index contributed by atoms with van der Waals surface area (Å²) in [6.07, 6.45) is 4.57. The number of nitrogens with zero attached hydrogens (tertiary/aromatic N) is 3. The molecule has 1 aliphatic carbocycles. The molecule has 0 radical (unpaired) electrons. The molecule has 1 aliphatic heterocycles. The van der Waals surface area contributed by atoms with E-state index < -0.39 is 23.7 Å². The van der Waals surface area contributed by atoms with Crippen LogP contribution in [0.1, 0.15) is 49.0 Å². The number of thiophene rings is 1. The number of rotatable bonds is 9. The lowest BCUT2D eigenvalue weighted by atomic mass is 9.79. The van der Waals surface area contributed by atoms with Crippen LogP contribution in [0.5, 0.6) is 5.75 Å². The summed E-state index contributed by atoms with van der Waals surface area (Å²) in [5.74, 6) is 0.244. The number of hydrogen-bond donors (Lipinski definition) is 1. The molecule has 1 amide bonds. The second-order valence-electron chi connectivity index (χ2n) is 10.5. The Bertz CT molecular complexity index is 1680. The molecule has 0 bridgehead atoms. The minimum atomic E-state index is -0.548. The van der Waals surface area contributed by atoms with Crippen molar-refractivity contribution in [3.05, 3.63) is 68.7 Å². The van der Waals surface area contributed by atoms with E-state index in [2.05, 4.69) is 4.98 Å². The van der Waals surface area contributed by atoms with Crippen LogP contribution in [0.3, 0.4) is 0 Å². The predicted octanol–water partition coefficient (Wildman–Crippen LogP) is 3.57. The maximum atomic E-state index is 14.2. The van der Waals surface area contributed by atoms with E-state index >= 15 is 0 Å². The van der Waals surface area contributed by atoms with Gasteiger partial charge in [0.15, 0.2) is 0 Å². The molecule has 2 fully saturated rings.